The Kier molecular flexibility index (Phi) is 11.1. The number of carbonyl (C=O) groups is 1. The SMILES string of the molecule is COc1ccc(CCNC(=O)[C@]2(Cc3ccccc3)N=C(c3ccc(OCCCO)cc3)O[C@@H]2c2ccc(Cl)cc2Cl)cc1OC. The highest BCUT2D eigenvalue weighted by Crippen LogP contribution is 2.45. The first-order valence-electron chi connectivity index (χ1n) is 15.0. The lowest BCUT2D eigenvalue weighted by Crippen LogP contribution is -2.50. The molecule has 46 heavy (non-hydrogen) atoms. The van der Waals surface area contributed by atoms with E-state index in [9.17, 15) is 4.79 Å². The van der Waals surface area contributed by atoms with E-state index in [1.807, 2.05) is 72.8 Å². The minimum Gasteiger partial charge on any atom is -0.494 e. The summed E-state index contributed by atoms with van der Waals surface area (Å²) in [4.78, 5) is 19.5. The summed E-state index contributed by atoms with van der Waals surface area (Å²) in [5.74, 6) is 1.91. The van der Waals surface area contributed by atoms with Crippen LogP contribution in [0.5, 0.6) is 17.2 Å². The standard InChI is InChI=1S/C36H36Cl2N2O6/c1-43-31-16-9-24(21-32(31)44-2)17-18-39-35(42)36(23-25-7-4-3-5-8-25)33(29-15-12-27(37)22-30(29)38)46-34(40-36)26-10-13-28(14-11-26)45-20-6-19-41/h3-5,7-16,21-22,33,41H,6,17-20,23H2,1-2H3,(H,39,42)/t33-,36-/m1/s1. The fourth-order valence-corrected chi connectivity index (χ4v) is 5.90. The third-order valence-corrected chi connectivity index (χ3v) is 8.30. The Hall–Kier alpha value is -4.24. The number of carbonyl (C=O) groups excluding carboxylic acids is 1. The van der Waals surface area contributed by atoms with Crippen molar-refractivity contribution < 1.29 is 28.8 Å². The topological polar surface area (TPSA) is 98.6 Å². The van der Waals surface area contributed by atoms with Gasteiger partial charge in [0.15, 0.2) is 23.1 Å². The van der Waals surface area contributed by atoms with Crippen LogP contribution in [0.4, 0.5) is 0 Å². The molecule has 0 radical (unpaired) electrons. The summed E-state index contributed by atoms with van der Waals surface area (Å²) in [7, 11) is 3.18. The van der Waals surface area contributed by atoms with Crippen LogP contribution in [-0.4, -0.2) is 56.4 Å². The van der Waals surface area contributed by atoms with Crippen LogP contribution in [-0.2, 0) is 22.4 Å². The molecule has 0 aromatic heterocycles. The second-order valence-corrected chi connectivity index (χ2v) is 11.7. The highest BCUT2D eigenvalue weighted by Gasteiger charge is 2.53. The van der Waals surface area contributed by atoms with E-state index >= 15 is 0 Å². The summed E-state index contributed by atoms with van der Waals surface area (Å²) in [5.41, 5.74) is 1.76. The first-order chi connectivity index (χ1) is 22.4. The summed E-state index contributed by atoms with van der Waals surface area (Å²) < 4.78 is 23.1. The monoisotopic (exact) mass is 662 g/mol. The van der Waals surface area contributed by atoms with Gasteiger partial charge in [-0.15, -0.1) is 0 Å². The van der Waals surface area contributed by atoms with E-state index in [2.05, 4.69) is 5.32 Å². The predicted molar refractivity (Wildman–Crippen MR) is 180 cm³/mol. The lowest BCUT2D eigenvalue weighted by Gasteiger charge is -2.31. The zero-order valence-electron chi connectivity index (χ0n) is 25.7. The number of aliphatic hydroxyl groups excluding tert-OH is 1. The molecular weight excluding hydrogens is 627 g/mol. The second-order valence-electron chi connectivity index (χ2n) is 10.8. The number of nitrogens with zero attached hydrogens (tertiary/aromatic N) is 1. The number of hydrogen-bond donors (Lipinski definition) is 2. The molecule has 0 unspecified atom stereocenters. The molecule has 1 aliphatic heterocycles. The second kappa shape index (κ2) is 15.4. The molecular formula is C36H36Cl2N2O6. The van der Waals surface area contributed by atoms with Crippen molar-refractivity contribution in [1.82, 2.24) is 5.32 Å². The van der Waals surface area contributed by atoms with Crippen molar-refractivity contribution in [3.8, 4) is 17.2 Å². The molecule has 0 saturated carbocycles. The maximum absolute atomic E-state index is 14.5. The molecule has 1 heterocycles. The number of rotatable bonds is 14. The van der Waals surface area contributed by atoms with Crippen molar-refractivity contribution in [3.63, 3.8) is 0 Å². The predicted octanol–water partition coefficient (Wildman–Crippen LogP) is 6.63. The van der Waals surface area contributed by atoms with Gasteiger partial charge in [0.1, 0.15) is 5.75 Å². The molecule has 4 aromatic carbocycles. The fourth-order valence-electron chi connectivity index (χ4n) is 5.39. The quantitative estimate of drug-likeness (QED) is 0.147. The normalized spacial score (nSPS) is 17.2. The van der Waals surface area contributed by atoms with Crippen LogP contribution in [0.2, 0.25) is 10.0 Å². The number of benzene rings is 4. The first kappa shape index (κ1) is 33.1. The van der Waals surface area contributed by atoms with Gasteiger partial charge < -0.3 is 29.4 Å². The van der Waals surface area contributed by atoms with Crippen LogP contribution in [0.1, 0.15) is 34.8 Å². The van der Waals surface area contributed by atoms with Crippen LogP contribution in [0.15, 0.2) is 96.0 Å². The molecule has 0 spiro atoms. The van der Waals surface area contributed by atoms with Crippen molar-refractivity contribution in [2.45, 2.75) is 30.9 Å². The van der Waals surface area contributed by atoms with Crippen molar-refractivity contribution in [1.29, 1.82) is 0 Å². The van der Waals surface area contributed by atoms with Gasteiger partial charge in [0.2, 0.25) is 5.90 Å². The molecule has 2 atom stereocenters. The number of aliphatic imine (C=N–C) groups is 1. The summed E-state index contributed by atoms with van der Waals surface area (Å²) in [6, 6.07) is 27.8. The van der Waals surface area contributed by atoms with E-state index in [1.54, 1.807) is 32.4 Å². The summed E-state index contributed by atoms with van der Waals surface area (Å²) in [6.07, 6.45) is 0.485. The van der Waals surface area contributed by atoms with Crippen LogP contribution in [0.25, 0.3) is 0 Å². The van der Waals surface area contributed by atoms with Crippen molar-refractivity contribution in [2.24, 2.45) is 4.99 Å². The zero-order chi connectivity index (χ0) is 32.5. The lowest BCUT2D eigenvalue weighted by atomic mass is 9.82. The van der Waals surface area contributed by atoms with E-state index in [1.165, 1.54) is 0 Å². The van der Waals surface area contributed by atoms with Crippen molar-refractivity contribution in [2.75, 3.05) is 34.0 Å². The number of methoxy groups -OCH3 is 2. The molecule has 1 aliphatic rings. The Balaban J connectivity index is 1.50. The van der Waals surface area contributed by atoms with E-state index in [0.717, 1.165) is 11.1 Å². The van der Waals surface area contributed by atoms with Crippen LogP contribution in [0, 0.1) is 0 Å². The molecule has 8 nitrogen and oxygen atoms in total. The van der Waals surface area contributed by atoms with Gasteiger partial charge in [-0.05, 0) is 66.1 Å². The van der Waals surface area contributed by atoms with Gasteiger partial charge in [-0.3, -0.25) is 4.79 Å². The Bertz CT molecular complexity index is 1670. The maximum atomic E-state index is 14.5. The Morgan fingerprint density at radius 3 is 2.39 bits per heavy atom. The number of ether oxygens (including phenoxy) is 4. The maximum Gasteiger partial charge on any atom is 0.252 e. The van der Waals surface area contributed by atoms with Gasteiger partial charge in [0.05, 0.1) is 20.8 Å². The third-order valence-electron chi connectivity index (χ3n) is 7.74. The first-order valence-corrected chi connectivity index (χ1v) is 15.7. The number of aliphatic hydroxyl groups is 1. The summed E-state index contributed by atoms with van der Waals surface area (Å²) in [6.45, 7) is 0.794. The van der Waals surface area contributed by atoms with E-state index in [0.29, 0.717) is 70.3 Å². The van der Waals surface area contributed by atoms with Gasteiger partial charge in [-0.2, -0.15) is 0 Å². The van der Waals surface area contributed by atoms with Gasteiger partial charge in [-0.1, -0.05) is 65.7 Å². The van der Waals surface area contributed by atoms with E-state index in [4.69, 9.17) is 52.2 Å². The molecule has 0 bridgehead atoms. The Morgan fingerprint density at radius 1 is 0.935 bits per heavy atom. The molecule has 0 saturated heterocycles. The largest absolute Gasteiger partial charge is 0.494 e. The molecule has 0 aliphatic carbocycles. The number of nitrogens with one attached hydrogen (secondary N) is 1. The van der Waals surface area contributed by atoms with Crippen LogP contribution < -0.4 is 19.5 Å². The minimum atomic E-state index is -1.40. The van der Waals surface area contributed by atoms with Crippen molar-refractivity contribution >= 4 is 35.0 Å². The molecule has 0 fully saturated rings. The number of amides is 1. The van der Waals surface area contributed by atoms with Gasteiger partial charge in [-0.25, -0.2) is 4.99 Å². The fraction of sp³-hybridized carbons (Fsp3) is 0.278. The van der Waals surface area contributed by atoms with E-state index < -0.39 is 11.6 Å². The van der Waals surface area contributed by atoms with Gasteiger partial charge in [0, 0.05) is 47.2 Å². The Morgan fingerprint density at radius 2 is 1.70 bits per heavy atom. The highest BCUT2D eigenvalue weighted by atomic mass is 35.5. The van der Waals surface area contributed by atoms with Gasteiger partial charge >= 0.3 is 0 Å². The van der Waals surface area contributed by atoms with Gasteiger partial charge in [0.25, 0.3) is 5.91 Å². The third kappa shape index (κ3) is 7.58. The number of hydrogen-bond acceptors (Lipinski definition) is 7. The number of halogens is 2. The lowest BCUT2D eigenvalue weighted by molar-refractivity contribution is -0.128. The highest BCUT2D eigenvalue weighted by molar-refractivity contribution is 6.35. The smallest absolute Gasteiger partial charge is 0.252 e. The summed E-state index contributed by atoms with van der Waals surface area (Å²) in [5, 5.41) is 13.0. The average molecular weight is 664 g/mol. The molecule has 5 rings (SSSR count). The molecule has 4 aromatic rings. The van der Waals surface area contributed by atoms with Crippen molar-refractivity contribution in [3.05, 3.63) is 123 Å². The Labute approximate surface area is 278 Å². The van der Waals surface area contributed by atoms with E-state index in [-0.39, 0.29) is 18.9 Å². The zero-order valence-corrected chi connectivity index (χ0v) is 27.2. The average Bonchev–Trinajstić information content (AvgIpc) is 3.45. The minimum absolute atomic E-state index is 0.0528. The van der Waals surface area contributed by atoms with Crippen LogP contribution >= 0.6 is 23.2 Å². The molecule has 1 amide bonds. The molecule has 10 heteroatoms. The summed E-state index contributed by atoms with van der Waals surface area (Å²) >= 11 is 13.0. The molecule has 240 valence electrons. The van der Waals surface area contributed by atoms with Crippen LogP contribution in [0.3, 0.4) is 0 Å². The molecule has 2 N–H and O–H groups in total.